The number of ether oxygens (including phenoxy) is 1. The van der Waals surface area contributed by atoms with Gasteiger partial charge in [-0.05, 0) is 6.07 Å². The summed E-state index contributed by atoms with van der Waals surface area (Å²) < 4.78 is 5.13. The molecule has 1 atom stereocenters. The summed E-state index contributed by atoms with van der Waals surface area (Å²) in [4.78, 5) is 9.29. The van der Waals surface area contributed by atoms with E-state index in [4.69, 9.17) is 10.6 Å². The third kappa shape index (κ3) is 2.19. The molecule has 0 aromatic carbocycles. The third-order valence-electron chi connectivity index (χ3n) is 2.16. The Balaban J connectivity index is 2.29. The van der Waals surface area contributed by atoms with Gasteiger partial charge in [-0.25, -0.2) is 5.43 Å². The average molecular weight is 236 g/mol. The SMILES string of the molecule is COc1csc(C(NN)c2cnccn2)c1. The molecule has 0 aliphatic rings. The zero-order chi connectivity index (χ0) is 11.4. The first-order valence-electron chi connectivity index (χ1n) is 4.69. The van der Waals surface area contributed by atoms with Crippen molar-refractivity contribution in [2.75, 3.05) is 7.11 Å². The van der Waals surface area contributed by atoms with Crippen LogP contribution in [0.5, 0.6) is 5.75 Å². The van der Waals surface area contributed by atoms with Crippen molar-refractivity contribution in [3.05, 3.63) is 40.6 Å². The molecule has 0 saturated carbocycles. The van der Waals surface area contributed by atoms with Crippen molar-refractivity contribution in [1.82, 2.24) is 15.4 Å². The highest BCUT2D eigenvalue weighted by molar-refractivity contribution is 7.10. The van der Waals surface area contributed by atoms with E-state index in [0.29, 0.717) is 0 Å². The fourth-order valence-electron chi connectivity index (χ4n) is 1.37. The molecule has 2 rings (SSSR count). The summed E-state index contributed by atoms with van der Waals surface area (Å²) in [5.41, 5.74) is 3.51. The summed E-state index contributed by atoms with van der Waals surface area (Å²) in [6.45, 7) is 0. The number of nitrogens with one attached hydrogen (secondary N) is 1. The van der Waals surface area contributed by atoms with Crippen LogP contribution in [0, 0.1) is 0 Å². The van der Waals surface area contributed by atoms with Gasteiger partial charge in [-0.3, -0.25) is 15.8 Å². The number of nitrogens with zero attached hydrogens (tertiary/aromatic N) is 2. The Bertz CT molecular complexity index is 445. The summed E-state index contributed by atoms with van der Waals surface area (Å²) in [7, 11) is 1.64. The summed E-state index contributed by atoms with van der Waals surface area (Å²) >= 11 is 1.57. The number of methoxy groups -OCH3 is 1. The number of hydrogen-bond donors (Lipinski definition) is 2. The maximum atomic E-state index is 5.54. The predicted octanol–water partition coefficient (Wildman–Crippen LogP) is 1.10. The molecule has 5 nitrogen and oxygen atoms in total. The van der Waals surface area contributed by atoms with Gasteiger partial charge in [-0.1, -0.05) is 0 Å². The van der Waals surface area contributed by atoms with Crippen LogP contribution in [0.4, 0.5) is 0 Å². The van der Waals surface area contributed by atoms with Crippen LogP contribution >= 0.6 is 11.3 Å². The van der Waals surface area contributed by atoms with Gasteiger partial charge >= 0.3 is 0 Å². The zero-order valence-electron chi connectivity index (χ0n) is 8.75. The predicted molar refractivity (Wildman–Crippen MR) is 62.1 cm³/mol. The summed E-state index contributed by atoms with van der Waals surface area (Å²) in [6.07, 6.45) is 4.97. The van der Waals surface area contributed by atoms with Crippen molar-refractivity contribution >= 4 is 11.3 Å². The molecule has 0 radical (unpaired) electrons. The summed E-state index contributed by atoms with van der Waals surface area (Å²) in [6, 6.07) is 1.78. The lowest BCUT2D eigenvalue weighted by molar-refractivity contribution is 0.416. The van der Waals surface area contributed by atoms with Crippen LogP contribution in [-0.4, -0.2) is 17.1 Å². The van der Waals surface area contributed by atoms with Crippen molar-refractivity contribution in [3.8, 4) is 5.75 Å². The van der Waals surface area contributed by atoms with Crippen molar-refractivity contribution in [1.29, 1.82) is 0 Å². The summed E-state index contributed by atoms with van der Waals surface area (Å²) in [5, 5.41) is 1.93. The first kappa shape index (κ1) is 11.0. The van der Waals surface area contributed by atoms with Crippen LogP contribution in [0.3, 0.4) is 0 Å². The lowest BCUT2D eigenvalue weighted by atomic mass is 10.2. The fraction of sp³-hybridized carbons (Fsp3) is 0.200. The molecule has 2 heterocycles. The Labute approximate surface area is 97.3 Å². The van der Waals surface area contributed by atoms with E-state index in [1.807, 2.05) is 11.4 Å². The molecule has 84 valence electrons. The third-order valence-corrected chi connectivity index (χ3v) is 3.14. The molecule has 0 saturated heterocycles. The molecule has 6 heteroatoms. The minimum Gasteiger partial charge on any atom is -0.496 e. The Morgan fingerprint density at radius 3 is 2.94 bits per heavy atom. The monoisotopic (exact) mass is 236 g/mol. The number of hydrazine groups is 1. The molecule has 0 fully saturated rings. The van der Waals surface area contributed by atoms with Crippen LogP contribution in [0.25, 0.3) is 0 Å². The van der Waals surface area contributed by atoms with Crippen LogP contribution in [-0.2, 0) is 0 Å². The number of thiophene rings is 1. The van der Waals surface area contributed by atoms with E-state index in [1.54, 1.807) is 37.0 Å². The molecule has 0 bridgehead atoms. The van der Waals surface area contributed by atoms with Crippen molar-refractivity contribution in [3.63, 3.8) is 0 Å². The molecule has 16 heavy (non-hydrogen) atoms. The van der Waals surface area contributed by atoms with E-state index in [9.17, 15) is 0 Å². The van der Waals surface area contributed by atoms with Gasteiger partial charge in [0.25, 0.3) is 0 Å². The number of hydrogen-bond acceptors (Lipinski definition) is 6. The normalized spacial score (nSPS) is 12.4. The average Bonchev–Trinajstić information content (AvgIpc) is 2.80. The number of nitrogens with two attached hydrogens (primary N) is 1. The molecular weight excluding hydrogens is 224 g/mol. The Hall–Kier alpha value is -1.50. The lowest BCUT2D eigenvalue weighted by Crippen LogP contribution is -2.28. The van der Waals surface area contributed by atoms with Gasteiger partial charge in [0.15, 0.2) is 0 Å². The zero-order valence-corrected chi connectivity index (χ0v) is 9.57. The second-order valence-corrected chi connectivity index (χ2v) is 4.06. The van der Waals surface area contributed by atoms with Crippen LogP contribution < -0.4 is 16.0 Å². The summed E-state index contributed by atoms with van der Waals surface area (Å²) in [5.74, 6) is 6.36. The molecule has 1 unspecified atom stereocenters. The van der Waals surface area contributed by atoms with Crippen LogP contribution in [0.15, 0.2) is 30.0 Å². The topological polar surface area (TPSA) is 73.1 Å². The standard InChI is InChI=1S/C10H12N4OS/c1-15-7-4-9(16-6-7)10(14-11)8-5-12-2-3-13-8/h2-6,10,14H,11H2,1H3. The van der Waals surface area contributed by atoms with Gasteiger partial charge < -0.3 is 4.74 Å². The van der Waals surface area contributed by atoms with Gasteiger partial charge in [0.1, 0.15) is 5.75 Å². The minimum absolute atomic E-state index is 0.150. The van der Waals surface area contributed by atoms with Crippen molar-refractivity contribution < 1.29 is 4.74 Å². The minimum atomic E-state index is -0.150. The quantitative estimate of drug-likeness (QED) is 0.614. The molecule has 0 spiro atoms. The van der Waals surface area contributed by atoms with E-state index < -0.39 is 0 Å². The van der Waals surface area contributed by atoms with E-state index in [1.165, 1.54) is 0 Å². The Morgan fingerprint density at radius 2 is 2.38 bits per heavy atom. The Kier molecular flexibility index (Phi) is 3.45. The maximum Gasteiger partial charge on any atom is 0.129 e. The molecule has 0 amide bonds. The highest BCUT2D eigenvalue weighted by Gasteiger charge is 2.16. The first-order chi connectivity index (χ1) is 7.85. The van der Waals surface area contributed by atoms with Gasteiger partial charge in [0.2, 0.25) is 0 Å². The smallest absolute Gasteiger partial charge is 0.129 e. The Morgan fingerprint density at radius 1 is 1.50 bits per heavy atom. The largest absolute Gasteiger partial charge is 0.496 e. The van der Waals surface area contributed by atoms with Gasteiger partial charge in [-0.15, -0.1) is 11.3 Å². The highest BCUT2D eigenvalue weighted by Crippen LogP contribution is 2.29. The molecule has 2 aromatic heterocycles. The lowest BCUT2D eigenvalue weighted by Gasteiger charge is -2.12. The van der Waals surface area contributed by atoms with Gasteiger partial charge in [0, 0.05) is 22.7 Å². The molecule has 3 N–H and O–H groups in total. The van der Waals surface area contributed by atoms with Crippen molar-refractivity contribution in [2.45, 2.75) is 6.04 Å². The van der Waals surface area contributed by atoms with Gasteiger partial charge in [0.05, 0.1) is 25.0 Å². The van der Waals surface area contributed by atoms with Gasteiger partial charge in [-0.2, -0.15) is 0 Å². The van der Waals surface area contributed by atoms with Crippen LogP contribution in [0.1, 0.15) is 16.6 Å². The first-order valence-corrected chi connectivity index (χ1v) is 5.57. The van der Waals surface area contributed by atoms with E-state index in [2.05, 4.69) is 15.4 Å². The second-order valence-electron chi connectivity index (χ2n) is 3.12. The van der Waals surface area contributed by atoms with Crippen LogP contribution in [0.2, 0.25) is 0 Å². The number of aromatic nitrogens is 2. The number of rotatable bonds is 4. The second kappa shape index (κ2) is 5.02. The highest BCUT2D eigenvalue weighted by atomic mass is 32.1. The molecule has 2 aromatic rings. The maximum absolute atomic E-state index is 5.54. The molecule has 0 aliphatic heterocycles. The van der Waals surface area contributed by atoms with E-state index in [-0.39, 0.29) is 6.04 Å². The van der Waals surface area contributed by atoms with Crippen molar-refractivity contribution in [2.24, 2.45) is 5.84 Å². The molecule has 0 aliphatic carbocycles. The fourth-order valence-corrected chi connectivity index (χ4v) is 2.29. The van der Waals surface area contributed by atoms with E-state index >= 15 is 0 Å². The van der Waals surface area contributed by atoms with E-state index in [0.717, 1.165) is 16.3 Å². The molecular formula is C10H12N4OS.